The maximum Gasteiger partial charge on any atom is 0.345 e. The molecule has 0 aliphatic carbocycles. The van der Waals surface area contributed by atoms with Gasteiger partial charge in [-0.3, -0.25) is 10.1 Å². The zero-order valence-electron chi connectivity index (χ0n) is 11.9. The van der Waals surface area contributed by atoms with Gasteiger partial charge in [0.15, 0.2) is 6.10 Å². The molecule has 1 aromatic rings. The van der Waals surface area contributed by atoms with Crippen LogP contribution in [-0.2, 0) is 9.53 Å². The van der Waals surface area contributed by atoms with E-state index < -0.39 is 46.1 Å². The minimum atomic E-state index is -4.43. The predicted molar refractivity (Wildman–Crippen MR) is 79.8 cm³/mol. The van der Waals surface area contributed by atoms with Crippen LogP contribution in [0.1, 0.15) is 24.2 Å². The Balaban J connectivity index is 3.20. The second kappa shape index (κ2) is 7.15. The summed E-state index contributed by atoms with van der Waals surface area (Å²) in [5, 5.41) is 21.5. The summed E-state index contributed by atoms with van der Waals surface area (Å²) < 4.78 is 32.2. The van der Waals surface area contributed by atoms with Crippen LogP contribution in [0.3, 0.4) is 0 Å². The van der Waals surface area contributed by atoms with Crippen molar-refractivity contribution in [3.8, 4) is 0 Å². The van der Waals surface area contributed by atoms with Gasteiger partial charge in [-0.1, -0.05) is 13.8 Å². The van der Waals surface area contributed by atoms with E-state index in [4.69, 9.17) is 0 Å². The number of aliphatic carboxylic acids is 1. The highest BCUT2D eigenvalue weighted by Crippen LogP contribution is 2.29. The number of benzene rings is 1. The molecule has 0 fully saturated rings. The molecule has 0 saturated carbocycles. The topological polar surface area (TPSA) is 110 Å². The molecular formula is C13H11F2INO6-. The van der Waals surface area contributed by atoms with Crippen LogP contribution in [-0.4, -0.2) is 28.9 Å². The van der Waals surface area contributed by atoms with Crippen molar-refractivity contribution in [2.24, 2.45) is 5.92 Å². The standard InChI is InChI=1S/C13H12F2INO6/c1-6(2)10(13(14,15)12(19)20)23-11(18)8-4-3-7(16)5-9(8)17(21)22/h3-6,10H,1-2H3,(H,19,20)/p-1. The van der Waals surface area contributed by atoms with Crippen molar-refractivity contribution in [2.75, 3.05) is 0 Å². The van der Waals surface area contributed by atoms with E-state index in [0.29, 0.717) is 3.57 Å². The zero-order valence-corrected chi connectivity index (χ0v) is 14.1. The Kier molecular flexibility index (Phi) is 5.97. The summed E-state index contributed by atoms with van der Waals surface area (Å²) in [4.78, 5) is 32.6. The molecular weight excluding hydrogens is 431 g/mol. The SMILES string of the molecule is CC(C)C(OC(=O)c1ccc(I)cc1[N+](=O)[O-])C(F)(F)C(=O)[O-]. The molecule has 0 N–H and O–H groups in total. The molecule has 10 heteroatoms. The number of nitro benzene ring substituents is 1. The smallest absolute Gasteiger partial charge is 0.345 e. The lowest BCUT2D eigenvalue weighted by Crippen LogP contribution is -2.53. The molecule has 7 nitrogen and oxygen atoms in total. The summed E-state index contributed by atoms with van der Waals surface area (Å²) in [6.07, 6.45) is -2.32. The number of rotatable bonds is 6. The van der Waals surface area contributed by atoms with Gasteiger partial charge >= 0.3 is 11.9 Å². The fraction of sp³-hybridized carbons (Fsp3) is 0.385. The Hall–Kier alpha value is -1.85. The summed E-state index contributed by atoms with van der Waals surface area (Å²) in [6.45, 7) is 2.44. The van der Waals surface area contributed by atoms with E-state index in [0.717, 1.165) is 12.1 Å². The van der Waals surface area contributed by atoms with Crippen LogP contribution < -0.4 is 5.11 Å². The van der Waals surface area contributed by atoms with E-state index >= 15 is 0 Å². The third kappa shape index (κ3) is 4.33. The third-order valence-corrected chi connectivity index (χ3v) is 3.52. The van der Waals surface area contributed by atoms with Gasteiger partial charge in [0.2, 0.25) is 0 Å². The summed E-state index contributed by atoms with van der Waals surface area (Å²) in [5.41, 5.74) is -1.17. The molecule has 1 atom stereocenters. The van der Waals surface area contributed by atoms with Gasteiger partial charge < -0.3 is 14.6 Å². The van der Waals surface area contributed by atoms with E-state index in [2.05, 4.69) is 4.74 Å². The van der Waals surface area contributed by atoms with Crippen molar-refractivity contribution in [1.29, 1.82) is 0 Å². The van der Waals surface area contributed by atoms with Crippen molar-refractivity contribution in [1.82, 2.24) is 0 Å². The number of hydrogen-bond acceptors (Lipinski definition) is 6. The second-order valence-electron chi connectivity index (χ2n) is 4.90. The van der Waals surface area contributed by atoms with Gasteiger partial charge in [-0.05, 0) is 40.6 Å². The molecule has 23 heavy (non-hydrogen) atoms. The molecule has 1 aromatic carbocycles. The normalized spacial score (nSPS) is 12.8. The zero-order chi connectivity index (χ0) is 17.9. The lowest BCUT2D eigenvalue weighted by atomic mass is 10.0. The number of carbonyl (C=O) groups excluding carboxylic acids is 2. The first-order chi connectivity index (χ1) is 10.5. The molecule has 0 saturated heterocycles. The highest BCUT2D eigenvalue weighted by molar-refractivity contribution is 14.1. The minimum absolute atomic E-state index is 0.450. The second-order valence-corrected chi connectivity index (χ2v) is 6.14. The number of halogens is 3. The van der Waals surface area contributed by atoms with Gasteiger partial charge in [0.25, 0.3) is 5.69 Å². The Bertz CT molecular complexity index is 649. The Morgan fingerprint density at radius 1 is 1.35 bits per heavy atom. The van der Waals surface area contributed by atoms with Gasteiger partial charge in [-0.25, -0.2) is 4.79 Å². The highest BCUT2D eigenvalue weighted by atomic mass is 127. The molecule has 0 spiro atoms. The number of carboxylic acids is 1. The quantitative estimate of drug-likeness (QED) is 0.288. The van der Waals surface area contributed by atoms with Crippen LogP contribution in [0.25, 0.3) is 0 Å². The van der Waals surface area contributed by atoms with Crippen LogP contribution in [0.5, 0.6) is 0 Å². The number of ether oxygens (including phenoxy) is 1. The van der Waals surface area contributed by atoms with Gasteiger partial charge in [0, 0.05) is 9.64 Å². The maximum absolute atomic E-state index is 13.6. The summed E-state index contributed by atoms with van der Waals surface area (Å²) in [6, 6.07) is 3.47. The van der Waals surface area contributed by atoms with Gasteiger partial charge in [-0.2, -0.15) is 8.78 Å². The van der Waals surface area contributed by atoms with Gasteiger partial charge in [0.05, 0.1) is 4.92 Å². The first kappa shape index (κ1) is 19.2. The van der Waals surface area contributed by atoms with E-state index in [1.165, 1.54) is 19.9 Å². The van der Waals surface area contributed by atoms with Gasteiger partial charge in [-0.15, -0.1) is 0 Å². The number of carboxylic acid groups (broad SMARTS) is 1. The van der Waals surface area contributed by atoms with E-state index in [1.54, 1.807) is 22.6 Å². The van der Waals surface area contributed by atoms with Crippen LogP contribution in [0.4, 0.5) is 14.5 Å². The lowest BCUT2D eigenvalue weighted by molar-refractivity contribution is -0.385. The van der Waals surface area contributed by atoms with Crippen molar-refractivity contribution in [2.45, 2.75) is 25.9 Å². The average Bonchev–Trinajstić information content (AvgIpc) is 2.43. The van der Waals surface area contributed by atoms with Gasteiger partial charge in [0.1, 0.15) is 11.5 Å². The summed E-state index contributed by atoms with van der Waals surface area (Å²) in [5.74, 6) is -9.59. The van der Waals surface area contributed by atoms with Crippen molar-refractivity contribution < 1.29 is 33.1 Å². The molecule has 0 amide bonds. The summed E-state index contributed by atoms with van der Waals surface area (Å²) >= 11 is 1.77. The molecule has 0 aromatic heterocycles. The first-order valence-corrected chi connectivity index (χ1v) is 7.30. The fourth-order valence-corrected chi connectivity index (χ4v) is 2.23. The van der Waals surface area contributed by atoms with E-state index in [-0.39, 0.29) is 0 Å². The minimum Gasteiger partial charge on any atom is -0.544 e. The molecule has 1 rings (SSSR count). The Morgan fingerprint density at radius 2 is 1.91 bits per heavy atom. The summed E-state index contributed by atoms with van der Waals surface area (Å²) in [7, 11) is 0. The van der Waals surface area contributed by atoms with Crippen molar-refractivity contribution in [3.63, 3.8) is 0 Å². The number of esters is 1. The molecule has 0 bridgehead atoms. The number of alkyl halides is 2. The Labute approximate surface area is 142 Å². The first-order valence-electron chi connectivity index (χ1n) is 6.22. The lowest BCUT2D eigenvalue weighted by Gasteiger charge is -2.29. The van der Waals surface area contributed by atoms with Crippen LogP contribution in [0.15, 0.2) is 18.2 Å². The monoisotopic (exact) mass is 442 g/mol. The van der Waals surface area contributed by atoms with Crippen LogP contribution in [0.2, 0.25) is 0 Å². The average molecular weight is 442 g/mol. The number of nitro groups is 1. The van der Waals surface area contributed by atoms with E-state index in [9.17, 15) is 33.6 Å². The fourth-order valence-electron chi connectivity index (χ4n) is 1.75. The number of hydrogen-bond donors (Lipinski definition) is 0. The molecule has 1 unspecified atom stereocenters. The number of nitrogens with zero attached hydrogens (tertiary/aromatic N) is 1. The van der Waals surface area contributed by atoms with E-state index in [1.807, 2.05) is 0 Å². The van der Waals surface area contributed by atoms with Crippen LogP contribution in [0, 0.1) is 19.6 Å². The molecule has 0 radical (unpaired) electrons. The number of carbonyl (C=O) groups is 2. The molecule has 0 aliphatic heterocycles. The molecule has 0 heterocycles. The highest BCUT2D eigenvalue weighted by Gasteiger charge is 2.46. The third-order valence-electron chi connectivity index (χ3n) is 2.85. The van der Waals surface area contributed by atoms with Crippen molar-refractivity contribution >= 4 is 40.2 Å². The predicted octanol–water partition coefficient (Wildman–Crippen LogP) is 1.77. The molecule has 0 aliphatic rings. The largest absolute Gasteiger partial charge is 0.544 e. The van der Waals surface area contributed by atoms with Crippen molar-refractivity contribution in [3.05, 3.63) is 37.4 Å². The maximum atomic E-state index is 13.6. The van der Waals surface area contributed by atoms with Crippen LogP contribution >= 0.6 is 22.6 Å². The molecule has 126 valence electrons. The Morgan fingerprint density at radius 3 is 2.35 bits per heavy atom.